The molecule has 1 N–H and O–H groups in total. The number of amides is 1. The third-order valence-electron chi connectivity index (χ3n) is 5.73. The minimum Gasteiger partial charge on any atom is -0.495 e. The van der Waals surface area contributed by atoms with Crippen molar-refractivity contribution >= 4 is 11.6 Å². The van der Waals surface area contributed by atoms with E-state index in [9.17, 15) is 4.79 Å². The first-order chi connectivity index (χ1) is 14.8. The Balaban J connectivity index is 1.23. The topological polar surface area (TPSA) is 44.8 Å². The Hall–Kier alpha value is -2.53. The van der Waals surface area contributed by atoms with E-state index in [2.05, 4.69) is 39.4 Å². The number of carbonyl (C=O) groups excluding carboxylic acids is 1. The van der Waals surface area contributed by atoms with Crippen LogP contribution in [-0.4, -0.2) is 57.2 Å². The fraction of sp³-hybridized carbons (Fsp3) is 0.480. The van der Waals surface area contributed by atoms with Crippen LogP contribution >= 0.6 is 0 Å². The molecule has 0 spiro atoms. The summed E-state index contributed by atoms with van der Waals surface area (Å²) in [6, 6.07) is 18.6. The number of hydrogen-bond donors (Lipinski definition) is 1. The second-order valence-corrected chi connectivity index (χ2v) is 7.90. The molecule has 0 bridgehead atoms. The van der Waals surface area contributed by atoms with Crippen LogP contribution < -0.4 is 15.0 Å². The summed E-state index contributed by atoms with van der Waals surface area (Å²) in [5, 5.41) is 3.07. The second-order valence-electron chi connectivity index (χ2n) is 7.90. The van der Waals surface area contributed by atoms with E-state index in [1.54, 1.807) is 7.11 Å². The fourth-order valence-electron chi connectivity index (χ4n) is 3.98. The molecule has 162 valence electrons. The molecule has 1 aliphatic heterocycles. The van der Waals surface area contributed by atoms with E-state index in [1.165, 1.54) is 11.3 Å². The van der Waals surface area contributed by atoms with Crippen molar-refractivity contribution in [3.63, 3.8) is 0 Å². The molecule has 5 nitrogen and oxygen atoms in total. The van der Waals surface area contributed by atoms with Crippen molar-refractivity contribution < 1.29 is 9.53 Å². The summed E-state index contributed by atoms with van der Waals surface area (Å²) in [5.41, 5.74) is 2.49. The number of carbonyl (C=O) groups is 1. The van der Waals surface area contributed by atoms with E-state index < -0.39 is 0 Å². The monoisotopic (exact) mass is 409 g/mol. The van der Waals surface area contributed by atoms with E-state index in [1.807, 2.05) is 30.3 Å². The van der Waals surface area contributed by atoms with Gasteiger partial charge in [0.15, 0.2) is 0 Å². The van der Waals surface area contributed by atoms with Gasteiger partial charge in [0.1, 0.15) is 5.75 Å². The summed E-state index contributed by atoms with van der Waals surface area (Å²) < 4.78 is 5.49. The molecule has 0 aliphatic carbocycles. The average molecular weight is 410 g/mol. The minimum atomic E-state index is 0.177. The molecular formula is C25H35N3O2. The van der Waals surface area contributed by atoms with Crippen LogP contribution in [0.15, 0.2) is 54.6 Å². The van der Waals surface area contributed by atoms with Crippen molar-refractivity contribution in [1.82, 2.24) is 10.2 Å². The van der Waals surface area contributed by atoms with Gasteiger partial charge in [-0.1, -0.05) is 42.5 Å². The molecule has 1 saturated heterocycles. The van der Waals surface area contributed by atoms with Crippen LogP contribution in [0.25, 0.3) is 0 Å². The van der Waals surface area contributed by atoms with Gasteiger partial charge >= 0.3 is 0 Å². The first-order valence-electron chi connectivity index (χ1n) is 11.2. The fourth-order valence-corrected chi connectivity index (χ4v) is 3.98. The van der Waals surface area contributed by atoms with Crippen molar-refractivity contribution in [3.8, 4) is 5.75 Å². The Bertz CT molecular complexity index is 758. The number of methoxy groups -OCH3 is 1. The van der Waals surface area contributed by atoms with Crippen LogP contribution in [0.3, 0.4) is 0 Å². The van der Waals surface area contributed by atoms with Gasteiger partial charge in [0.25, 0.3) is 0 Å². The molecule has 30 heavy (non-hydrogen) atoms. The first kappa shape index (κ1) is 22.2. The summed E-state index contributed by atoms with van der Waals surface area (Å²) in [5.74, 6) is 1.13. The molecule has 0 saturated carbocycles. The molecule has 1 fully saturated rings. The third kappa shape index (κ3) is 7.06. The van der Waals surface area contributed by atoms with Crippen LogP contribution in [-0.2, 0) is 11.2 Å². The normalized spacial score (nSPS) is 14.5. The van der Waals surface area contributed by atoms with Gasteiger partial charge in [-0.25, -0.2) is 0 Å². The van der Waals surface area contributed by atoms with Gasteiger partial charge in [-0.2, -0.15) is 0 Å². The Morgan fingerprint density at radius 1 is 0.933 bits per heavy atom. The highest BCUT2D eigenvalue weighted by atomic mass is 16.5. The lowest BCUT2D eigenvalue weighted by atomic mass is 10.1. The average Bonchev–Trinajstić information content (AvgIpc) is 2.80. The molecular weight excluding hydrogens is 374 g/mol. The van der Waals surface area contributed by atoms with E-state index in [-0.39, 0.29) is 5.91 Å². The molecule has 3 rings (SSSR count). The Morgan fingerprint density at radius 2 is 1.67 bits per heavy atom. The Morgan fingerprint density at radius 3 is 2.43 bits per heavy atom. The zero-order valence-electron chi connectivity index (χ0n) is 18.2. The van der Waals surface area contributed by atoms with Crippen LogP contribution in [0.5, 0.6) is 5.75 Å². The number of ether oxygens (including phenoxy) is 1. The molecule has 2 aromatic rings. The summed E-state index contributed by atoms with van der Waals surface area (Å²) in [7, 11) is 1.73. The number of para-hydroxylation sites is 2. The van der Waals surface area contributed by atoms with E-state index in [0.29, 0.717) is 6.42 Å². The molecule has 0 unspecified atom stereocenters. The van der Waals surface area contributed by atoms with Gasteiger partial charge in [-0.3, -0.25) is 9.69 Å². The van der Waals surface area contributed by atoms with Gasteiger partial charge in [-0.15, -0.1) is 0 Å². The predicted octanol–water partition coefficient (Wildman–Crippen LogP) is 3.74. The third-order valence-corrected chi connectivity index (χ3v) is 5.73. The van der Waals surface area contributed by atoms with Crippen LogP contribution in [0.2, 0.25) is 0 Å². The highest BCUT2D eigenvalue weighted by molar-refractivity contribution is 5.75. The summed E-state index contributed by atoms with van der Waals surface area (Å²) in [4.78, 5) is 16.9. The number of benzene rings is 2. The SMILES string of the molecule is COc1ccccc1N1CCN(CCCCNC(=O)CCCc2ccccc2)CC1. The maximum atomic E-state index is 12.0. The highest BCUT2D eigenvalue weighted by Crippen LogP contribution is 2.28. The Labute approximate surface area is 181 Å². The van der Waals surface area contributed by atoms with Gasteiger partial charge in [0, 0.05) is 39.1 Å². The number of nitrogens with zero attached hydrogens (tertiary/aromatic N) is 2. The number of anilines is 1. The van der Waals surface area contributed by atoms with Gasteiger partial charge in [0.05, 0.1) is 12.8 Å². The Kier molecular flexibility index (Phi) is 9.04. The molecule has 2 aromatic carbocycles. The standard InChI is InChI=1S/C25H35N3O2/c1-30-24-14-6-5-13-23(24)28-20-18-27(19-21-28)17-8-7-16-26-25(29)15-9-12-22-10-3-2-4-11-22/h2-6,10-11,13-14H,7-9,12,15-21H2,1H3,(H,26,29). The lowest BCUT2D eigenvalue weighted by Crippen LogP contribution is -2.46. The predicted molar refractivity (Wildman–Crippen MR) is 123 cm³/mol. The molecule has 0 atom stereocenters. The lowest BCUT2D eigenvalue weighted by Gasteiger charge is -2.36. The smallest absolute Gasteiger partial charge is 0.220 e. The maximum Gasteiger partial charge on any atom is 0.220 e. The summed E-state index contributed by atoms with van der Waals surface area (Å²) >= 11 is 0. The summed E-state index contributed by atoms with van der Waals surface area (Å²) in [6.07, 6.45) is 4.65. The summed E-state index contributed by atoms with van der Waals surface area (Å²) in [6.45, 7) is 6.08. The van der Waals surface area contributed by atoms with Crippen molar-refractivity contribution in [2.24, 2.45) is 0 Å². The number of unbranched alkanes of at least 4 members (excludes halogenated alkanes) is 1. The van der Waals surface area contributed by atoms with Crippen LogP contribution in [0, 0.1) is 0 Å². The number of aryl methyl sites for hydroxylation is 1. The van der Waals surface area contributed by atoms with Crippen molar-refractivity contribution in [2.45, 2.75) is 32.1 Å². The zero-order valence-corrected chi connectivity index (χ0v) is 18.2. The quantitative estimate of drug-likeness (QED) is 0.575. The van der Waals surface area contributed by atoms with Gasteiger partial charge < -0.3 is 15.0 Å². The molecule has 1 aliphatic rings. The maximum absolute atomic E-state index is 12.0. The number of piperazine rings is 1. The molecule has 1 amide bonds. The number of hydrogen-bond acceptors (Lipinski definition) is 4. The van der Waals surface area contributed by atoms with Gasteiger partial charge in [0.2, 0.25) is 5.91 Å². The highest BCUT2D eigenvalue weighted by Gasteiger charge is 2.19. The molecule has 0 radical (unpaired) electrons. The zero-order chi connectivity index (χ0) is 21.0. The first-order valence-corrected chi connectivity index (χ1v) is 11.2. The van der Waals surface area contributed by atoms with Crippen LogP contribution in [0.4, 0.5) is 5.69 Å². The van der Waals surface area contributed by atoms with Crippen molar-refractivity contribution in [2.75, 3.05) is 51.3 Å². The number of nitrogens with one attached hydrogen (secondary N) is 1. The largest absolute Gasteiger partial charge is 0.495 e. The van der Waals surface area contributed by atoms with E-state index in [4.69, 9.17) is 4.74 Å². The van der Waals surface area contributed by atoms with Gasteiger partial charge in [-0.05, 0) is 49.9 Å². The minimum absolute atomic E-state index is 0.177. The van der Waals surface area contributed by atoms with Crippen LogP contribution in [0.1, 0.15) is 31.2 Å². The molecule has 0 aromatic heterocycles. The van der Waals surface area contributed by atoms with Crippen molar-refractivity contribution in [1.29, 1.82) is 0 Å². The van der Waals surface area contributed by atoms with Crippen molar-refractivity contribution in [3.05, 3.63) is 60.2 Å². The molecule has 1 heterocycles. The number of rotatable bonds is 11. The lowest BCUT2D eigenvalue weighted by molar-refractivity contribution is -0.121. The van der Waals surface area contributed by atoms with E-state index >= 15 is 0 Å². The second kappa shape index (κ2) is 12.2. The molecule has 5 heteroatoms. The van der Waals surface area contributed by atoms with E-state index in [0.717, 1.165) is 70.7 Å².